The number of carboxylic acids is 1. The molecule has 2 heterocycles. The average Bonchev–Trinajstić information content (AvgIpc) is 2.69. The van der Waals surface area contributed by atoms with Gasteiger partial charge in [0.25, 0.3) is 11.5 Å². The van der Waals surface area contributed by atoms with Gasteiger partial charge in [-0.3, -0.25) is 9.59 Å². The number of carbonyl (C=O) groups excluding carboxylic acids is 1. The lowest BCUT2D eigenvalue weighted by Gasteiger charge is -1.98. The van der Waals surface area contributed by atoms with Crippen LogP contribution in [-0.2, 0) is 9.59 Å². The van der Waals surface area contributed by atoms with Crippen molar-refractivity contribution in [3.8, 4) is 0 Å². The van der Waals surface area contributed by atoms with Crippen molar-refractivity contribution in [2.75, 3.05) is 5.32 Å². The lowest BCUT2D eigenvalue weighted by Crippen LogP contribution is -2.21. The van der Waals surface area contributed by atoms with Gasteiger partial charge in [0.2, 0.25) is 0 Å². The van der Waals surface area contributed by atoms with Gasteiger partial charge >= 0.3 is 5.97 Å². The first-order valence-electron chi connectivity index (χ1n) is 5.42. The number of carboxylic acid groups (broad SMARTS) is 1. The number of nitrogens with zero attached hydrogens (tertiary/aromatic N) is 1. The number of thiazole rings is 1. The Labute approximate surface area is 115 Å². The van der Waals surface area contributed by atoms with Crippen molar-refractivity contribution < 1.29 is 14.7 Å². The van der Waals surface area contributed by atoms with E-state index in [2.05, 4.69) is 15.3 Å². The van der Waals surface area contributed by atoms with E-state index >= 15 is 0 Å². The van der Waals surface area contributed by atoms with Crippen LogP contribution in [0, 0.1) is 0 Å². The SMILES string of the molecule is O=C(O)C=c1sc(=CC(=O)Nc2ccccn2)[nH]c1=O. The maximum atomic E-state index is 11.7. The van der Waals surface area contributed by atoms with Crippen molar-refractivity contribution >= 4 is 41.2 Å². The number of hydrogen-bond acceptors (Lipinski definition) is 5. The third kappa shape index (κ3) is 3.62. The minimum absolute atomic E-state index is 0.0226. The Morgan fingerprint density at radius 3 is 2.80 bits per heavy atom. The van der Waals surface area contributed by atoms with E-state index in [9.17, 15) is 14.4 Å². The van der Waals surface area contributed by atoms with E-state index in [4.69, 9.17) is 5.11 Å². The van der Waals surface area contributed by atoms with E-state index in [1.54, 1.807) is 18.2 Å². The maximum absolute atomic E-state index is 11.7. The van der Waals surface area contributed by atoms with Gasteiger partial charge in [-0.05, 0) is 12.1 Å². The highest BCUT2D eigenvalue weighted by atomic mass is 32.1. The number of hydrogen-bond donors (Lipinski definition) is 3. The molecule has 0 radical (unpaired) electrons. The smallest absolute Gasteiger partial charge is 0.329 e. The van der Waals surface area contributed by atoms with Crippen molar-refractivity contribution in [1.82, 2.24) is 9.97 Å². The number of carbonyl (C=O) groups is 2. The van der Waals surface area contributed by atoms with E-state index in [1.165, 1.54) is 12.3 Å². The molecule has 1 amide bonds. The molecule has 0 saturated heterocycles. The zero-order valence-corrected chi connectivity index (χ0v) is 10.8. The van der Waals surface area contributed by atoms with Crippen LogP contribution in [0.5, 0.6) is 0 Å². The third-order valence-electron chi connectivity index (χ3n) is 2.11. The van der Waals surface area contributed by atoms with E-state index in [-0.39, 0.29) is 9.20 Å². The molecule has 0 unspecified atom stereocenters. The number of anilines is 1. The van der Waals surface area contributed by atoms with Crippen LogP contribution in [0.3, 0.4) is 0 Å². The van der Waals surface area contributed by atoms with Gasteiger partial charge in [-0.25, -0.2) is 9.78 Å². The summed E-state index contributed by atoms with van der Waals surface area (Å²) in [7, 11) is 0. The number of rotatable bonds is 3. The molecule has 0 atom stereocenters. The van der Waals surface area contributed by atoms with Crippen molar-refractivity contribution in [3.05, 3.63) is 43.9 Å². The molecule has 0 aliphatic carbocycles. The number of aromatic amines is 1. The van der Waals surface area contributed by atoms with E-state index in [1.807, 2.05) is 0 Å². The summed E-state index contributed by atoms with van der Waals surface area (Å²) < 4.78 is 0.283. The molecule has 0 aliphatic rings. The fraction of sp³-hybridized carbons (Fsp3) is 0. The van der Waals surface area contributed by atoms with E-state index < -0.39 is 17.4 Å². The van der Waals surface area contributed by atoms with E-state index in [0.29, 0.717) is 5.82 Å². The van der Waals surface area contributed by atoms with E-state index in [0.717, 1.165) is 17.4 Å². The highest BCUT2D eigenvalue weighted by Crippen LogP contribution is 1.99. The van der Waals surface area contributed by atoms with Crippen molar-refractivity contribution in [2.24, 2.45) is 0 Å². The van der Waals surface area contributed by atoms with Gasteiger partial charge in [-0.2, -0.15) is 0 Å². The second-order valence-corrected chi connectivity index (χ2v) is 4.70. The van der Waals surface area contributed by atoms with Crippen LogP contribution in [0.4, 0.5) is 5.82 Å². The van der Waals surface area contributed by atoms with Crippen molar-refractivity contribution in [2.45, 2.75) is 0 Å². The minimum Gasteiger partial charge on any atom is -0.478 e. The second-order valence-electron chi connectivity index (χ2n) is 3.62. The Bertz CT molecular complexity index is 807. The number of nitrogens with one attached hydrogen (secondary N) is 2. The molecule has 2 aromatic rings. The van der Waals surface area contributed by atoms with Gasteiger partial charge in [0.1, 0.15) is 15.0 Å². The molecule has 8 heteroatoms. The summed E-state index contributed by atoms with van der Waals surface area (Å²) in [6.07, 6.45) is 3.49. The number of amides is 1. The summed E-state index contributed by atoms with van der Waals surface area (Å²) >= 11 is 0.885. The Kier molecular flexibility index (Phi) is 4.06. The molecule has 7 nitrogen and oxygen atoms in total. The summed E-state index contributed by atoms with van der Waals surface area (Å²) in [4.78, 5) is 39.9. The molecule has 20 heavy (non-hydrogen) atoms. The van der Waals surface area contributed by atoms with Crippen LogP contribution in [0.1, 0.15) is 0 Å². The number of H-pyrrole nitrogens is 1. The first-order chi connectivity index (χ1) is 9.54. The lowest BCUT2D eigenvalue weighted by atomic mass is 10.4. The molecule has 0 spiro atoms. The topological polar surface area (TPSA) is 112 Å². The molecule has 0 saturated carbocycles. The van der Waals surface area contributed by atoms with Crippen LogP contribution < -0.4 is 20.1 Å². The number of pyridine rings is 1. The quantitative estimate of drug-likeness (QED) is 0.679. The molecule has 0 aromatic carbocycles. The van der Waals surface area contributed by atoms with Gasteiger partial charge in [-0.1, -0.05) is 6.07 Å². The van der Waals surface area contributed by atoms with Gasteiger partial charge in [0.15, 0.2) is 0 Å². The number of aliphatic carboxylic acids is 1. The van der Waals surface area contributed by atoms with Crippen LogP contribution in [0.25, 0.3) is 12.2 Å². The zero-order valence-electron chi connectivity index (χ0n) is 9.99. The first-order valence-corrected chi connectivity index (χ1v) is 6.24. The summed E-state index contributed by atoms with van der Waals surface area (Å²) in [5.74, 6) is -1.31. The van der Waals surface area contributed by atoms with Gasteiger partial charge in [0.05, 0.1) is 0 Å². The van der Waals surface area contributed by atoms with Crippen molar-refractivity contribution in [1.29, 1.82) is 0 Å². The Hall–Kier alpha value is -2.74. The van der Waals surface area contributed by atoms with Crippen LogP contribution in [0.15, 0.2) is 29.2 Å². The number of aromatic nitrogens is 2. The van der Waals surface area contributed by atoms with Gasteiger partial charge in [-0.15, -0.1) is 11.3 Å². The normalized spacial score (nSPS) is 12.4. The molecule has 0 bridgehead atoms. The molecular formula is C12H9N3O4S. The minimum atomic E-state index is -1.22. The summed E-state index contributed by atoms with van der Waals surface area (Å²) in [5.41, 5.74) is -0.547. The monoisotopic (exact) mass is 291 g/mol. The molecule has 102 valence electrons. The van der Waals surface area contributed by atoms with Crippen molar-refractivity contribution in [3.63, 3.8) is 0 Å². The van der Waals surface area contributed by atoms with Crippen LogP contribution >= 0.6 is 11.3 Å². The van der Waals surface area contributed by atoms with Gasteiger partial charge in [0, 0.05) is 18.3 Å². The third-order valence-corrected chi connectivity index (χ3v) is 3.08. The standard InChI is InChI=1S/C12H9N3O4S/c16-9(14-8-3-1-2-4-13-8)6-10-15-12(19)7(20-10)5-11(17)18/h1-6H,(H,15,19)(H,17,18)(H,13,14,16). The fourth-order valence-corrected chi connectivity index (χ4v) is 2.20. The van der Waals surface area contributed by atoms with Crippen LogP contribution in [0.2, 0.25) is 0 Å². The predicted molar refractivity (Wildman–Crippen MR) is 73.6 cm³/mol. The Morgan fingerprint density at radius 1 is 1.35 bits per heavy atom. The molecule has 0 aliphatic heterocycles. The summed E-state index contributed by atoms with van der Waals surface area (Å²) in [5, 5.41) is 11.1. The summed E-state index contributed by atoms with van der Waals surface area (Å²) in [6, 6.07) is 5.05. The second kappa shape index (κ2) is 5.93. The Morgan fingerprint density at radius 2 is 2.15 bits per heavy atom. The largest absolute Gasteiger partial charge is 0.478 e. The van der Waals surface area contributed by atoms with Crippen LogP contribution in [-0.4, -0.2) is 27.0 Å². The molecule has 3 N–H and O–H groups in total. The Balaban J connectivity index is 2.26. The highest BCUT2D eigenvalue weighted by Gasteiger charge is 2.01. The molecular weight excluding hydrogens is 282 g/mol. The molecule has 2 aromatic heterocycles. The first kappa shape index (κ1) is 13.7. The van der Waals surface area contributed by atoms with Gasteiger partial charge < -0.3 is 15.4 Å². The fourth-order valence-electron chi connectivity index (χ4n) is 1.35. The average molecular weight is 291 g/mol. The lowest BCUT2D eigenvalue weighted by molar-refractivity contribution is -0.129. The molecule has 0 fully saturated rings. The summed E-state index contributed by atoms with van der Waals surface area (Å²) in [6.45, 7) is 0. The highest BCUT2D eigenvalue weighted by molar-refractivity contribution is 7.07. The molecule has 2 rings (SSSR count). The maximum Gasteiger partial charge on any atom is 0.329 e. The predicted octanol–water partition coefficient (Wildman–Crippen LogP) is -0.884. The zero-order chi connectivity index (χ0) is 14.5.